The van der Waals surface area contributed by atoms with Crippen LogP contribution < -0.4 is 5.32 Å². The molecule has 5 nitrogen and oxygen atoms in total. The molecule has 0 saturated heterocycles. The Morgan fingerprint density at radius 2 is 2.40 bits per heavy atom. The van der Waals surface area contributed by atoms with Crippen molar-refractivity contribution in [3.63, 3.8) is 0 Å². The molecule has 1 aliphatic carbocycles. The first-order chi connectivity index (χ1) is 7.16. The van der Waals surface area contributed by atoms with E-state index in [1.807, 2.05) is 0 Å². The van der Waals surface area contributed by atoms with Crippen molar-refractivity contribution in [1.29, 1.82) is 0 Å². The van der Waals surface area contributed by atoms with E-state index in [4.69, 9.17) is 0 Å². The van der Waals surface area contributed by atoms with Crippen molar-refractivity contribution < 1.29 is 9.18 Å². The van der Waals surface area contributed by atoms with E-state index in [-0.39, 0.29) is 11.9 Å². The van der Waals surface area contributed by atoms with Crippen molar-refractivity contribution in [1.82, 2.24) is 15.2 Å². The first-order valence-corrected chi connectivity index (χ1v) is 4.93. The van der Waals surface area contributed by atoms with Gasteiger partial charge in [-0.3, -0.25) is 15.2 Å². The maximum atomic E-state index is 12.7. The summed E-state index contributed by atoms with van der Waals surface area (Å²) < 4.78 is 12.7. The molecule has 1 aromatic heterocycles. The number of nitrogens with zero attached hydrogens (tertiary/aromatic N) is 2. The highest BCUT2D eigenvalue weighted by Crippen LogP contribution is 2.42. The Labute approximate surface area is 86.5 Å². The van der Waals surface area contributed by atoms with Crippen LogP contribution >= 0.6 is 0 Å². The number of aryl methyl sites for hydroxylation is 1. The quantitative estimate of drug-likeness (QED) is 0.790. The summed E-state index contributed by atoms with van der Waals surface area (Å²) in [5.74, 6) is 0.528. The van der Waals surface area contributed by atoms with Crippen molar-refractivity contribution in [3.05, 3.63) is 5.82 Å². The van der Waals surface area contributed by atoms with Gasteiger partial charge in [0.05, 0.1) is 5.41 Å². The number of aromatic amines is 1. The zero-order valence-corrected chi connectivity index (χ0v) is 8.51. The Morgan fingerprint density at radius 3 is 2.80 bits per heavy atom. The van der Waals surface area contributed by atoms with Crippen LogP contribution in [0.1, 0.15) is 25.1 Å². The summed E-state index contributed by atoms with van der Waals surface area (Å²) in [4.78, 5) is 15.6. The number of anilines is 1. The van der Waals surface area contributed by atoms with E-state index in [1.165, 1.54) is 0 Å². The van der Waals surface area contributed by atoms with E-state index in [0.29, 0.717) is 18.7 Å². The average molecular weight is 212 g/mol. The molecule has 2 rings (SSSR count). The van der Waals surface area contributed by atoms with Crippen LogP contribution in [0.25, 0.3) is 0 Å². The highest BCUT2D eigenvalue weighted by Gasteiger charge is 2.44. The van der Waals surface area contributed by atoms with Crippen LogP contribution in [0.15, 0.2) is 0 Å². The van der Waals surface area contributed by atoms with Gasteiger partial charge in [0.1, 0.15) is 12.5 Å². The van der Waals surface area contributed by atoms with E-state index in [1.54, 1.807) is 6.92 Å². The summed E-state index contributed by atoms with van der Waals surface area (Å²) in [5.41, 5.74) is -0.825. The topological polar surface area (TPSA) is 70.7 Å². The number of nitrogens with one attached hydrogen (secondary N) is 2. The highest BCUT2D eigenvalue weighted by molar-refractivity contribution is 5.94. The number of carbonyl (C=O) groups excluding carboxylic acids is 1. The number of hydrogen-bond donors (Lipinski definition) is 2. The fraction of sp³-hybridized carbons (Fsp3) is 0.667. The standard InChI is InChI=1S/C9H13FN4O/c1-6-11-8(14-13-6)12-7(15)9(5-10)3-2-4-9/h2-5H2,1H3,(H2,11,12,13,14,15). The Balaban J connectivity index is 2.03. The number of H-pyrrole nitrogens is 1. The van der Waals surface area contributed by atoms with Gasteiger partial charge in [0.2, 0.25) is 11.9 Å². The van der Waals surface area contributed by atoms with Crippen LogP contribution in [0.2, 0.25) is 0 Å². The molecule has 2 N–H and O–H groups in total. The third-order valence-corrected chi connectivity index (χ3v) is 2.87. The Kier molecular flexibility index (Phi) is 2.42. The van der Waals surface area contributed by atoms with Crippen molar-refractivity contribution in [2.45, 2.75) is 26.2 Å². The monoisotopic (exact) mass is 212 g/mol. The highest BCUT2D eigenvalue weighted by atomic mass is 19.1. The van der Waals surface area contributed by atoms with Gasteiger partial charge in [-0.1, -0.05) is 6.42 Å². The first kappa shape index (κ1) is 10.1. The molecule has 15 heavy (non-hydrogen) atoms. The summed E-state index contributed by atoms with van der Waals surface area (Å²) in [6.45, 7) is 1.12. The molecule has 1 saturated carbocycles. The second-order valence-corrected chi connectivity index (χ2v) is 3.97. The molecular formula is C9H13FN4O. The van der Waals surface area contributed by atoms with Crippen molar-refractivity contribution in [2.24, 2.45) is 5.41 Å². The minimum atomic E-state index is -0.825. The SMILES string of the molecule is Cc1nc(NC(=O)C2(CF)CCC2)n[nH]1. The maximum absolute atomic E-state index is 12.7. The van der Waals surface area contributed by atoms with E-state index in [2.05, 4.69) is 20.5 Å². The molecule has 1 fully saturated rings. The van der Waals surface area contributed by atoms with Crippen LogP contribution in [-0.2, 0) is 4.79 Å². The number of halogens is 1. The second kappa shape index (κ2) is 3.60. The van der Waals surface area contributed by atoms with Crippen molar-refractivity contribution in [3.8, 4) is 0 Å². The number of carbonyl (C=O) groups is 1. The Morgan fingerprint density at radius 1 is 1.67 bits per heavy atom. The molecule has 0 spiro atoms. The lowest BCUT2D eigenvalue weighted by molar-refractivity contribution is -0.131. The Bertz CT molecular complexity index is 366. The lowest BCUT2D eigenvalue weighted by Gasteiger charge is -2.37. The average Bonchev–Trinajstić information content (AvgIpc) is 2.50. The normalized spacial score (nSPS) is 18.3. The zero-order valence-electron chi connectivity index (χ0n) is 8.51. The minimum Gasteiger partial charge on any atom is -0.293 e. The number of alkyl halides is 1. The molecule has 0 unspecified atom stereocenters. The zero-order chi connectivity index (χ0) is 10.9. The number of hydrogen-bond acceptors (Lipinski definition) is 3. The van der Waals surface area contributed by atoms with Gasteiger partial charge >= 0.3 is 0 Å². The van der Waals surface area contributed by atoms with Crippen LogP contribution in [0.4, 0.5) is 10.3 Å². The maximum Gasteiger partial charge on any atom is 0.248 e. The molecule has 82 valence electrons. The summed E-state index contributed by atoms with van der Waals surface area (Å²) in [5, 5.41) is 8.91. The molecule has 1 aromatic rings. The van der Waals surface area contributed by atoms with Crippen molar-refractivity contribution >= 4 is 11.9 Å². The summed E-state index contributed by atoms with van der Waals surface area (Å²) in [6.07, 6.45) is 2.13. The van der Waals surface area contributed by atoms with Gasteiger partial charge in [0, 0.05) is 0 Å². The molecule has 0 aliphatic heterocycles. The molecule has 1 heterocycles. The van der Waals surface area contributed by atoms with Gasteiger partial charge in [-0.05, 0) is 19.8 Å². The van der Waals surface area contributed by atoms with Crippen LogP contribution in [0.5, 0.6) is 0 Å². The molecule has 1 aliphatic rings. The van der Waals surface area contributed by atoms with Gasteiger partial charge in [-0.15, -0.1) is 5.10 Å². The van der Waals surface area contributed by atoms with Gasteiger partial charge in [0.25, 0.3) is 0 Å². The largest absolute Gasteiger partial charge is 0.293 e. The fourth-order valence-electron chi connectivity index (χ4n) is 1.66. The molecule has 0 radical (unpaired) electrons. The van der Waals surface area contributed by atoms with Crippen LogP contribution in [0, 0.1) is 12.3 Å². The van der Waals surface area contributed by atoms with E-state index in [9.17, 15) is 9.18 Å². The molecule has 0 aromatic carbocycles. The number of amides is 1. The lowest BCUT2D eigenvalue weighted by Crippen LogP contribution is -2.43. The van der Waals surface area contributed by atoms with E-state index in [0.717, 1.165) is 6.42 Å². The minimum absolute atomic E-state index is 0.220. The third-order valence-electron chi connectivity index (χ3n) is 2.87. The summed E-state index contributed by atoms with van der Waals surface area (Å²) in [7, 11) is 0. The van der Waals surface area contributed by atoms with E-state index < -0.39 is 12.1 Å². The molecule has 1 amide bonds. The number of aromatic nitrogens is 3. The Hall–Kier alpha value is -1.46. The molecule has 6 heteroatoms. The molecular weight excluding hydrogens is 199 g/mol. The smallest absolute Gasteiger partial charge is 0.248 e. The van der Waals surface area contributed by atoms with Crippen LogP contribution in [0.3, 0.4) is 0 Å². The molecule has 0 bridgehead atoms. The summed E-state index contributed by atoms with van der Waals surface area (Å²) >= 11 is 0. The molecule has 0 atom stereocenters. The second-order valence-electron chi connectivity index (χ2n) is 3.97. The number of rotatable bonds is 3. The van der Waals surface area contributed by atoms with Gasteiger partial charge < -0.3 is 0 Å². The van der Waals surface area contributed by atoms with E-state index >= 15 is 0 Å². The van der Waals surface area contributed by atoms with Crippen molar-refractivity contribution in [2.75, 3.05) is 12.0 Å². The lowest BCUT2D eigenvalue weighted by atomic mass is 9.69. The van der Waals surface area contributed by atoms with Gasteiger partial charge in [-0.25, -0.2) is 4.39 Å². The first-order valence-electron chi connectivity index (χ1n) is 4.93. The third kappa shape index (κ3) is 1.71. The predicted octanol–water partition coefficient (Wildman–Crippen LogP) is 1.19. The van der Waals surface area contributed by atoms with Gasteiger partial charge in [0.15, 0.2) is 0 Å². The fourth-order valence-corrected chi connectivity index (χ4v) is 1.66. The summed E-state index contributed by atoms with van der Waals surface area (Å²) in [6, 6.07) is 0. The predicted molar refractivity (Wildman–Crippen MR) is 52.0 cm³/mol. The van der Waals surface area contributed by atoms with Crippen LogP contribution in [-0.4, -0.2) is 27.8 Å². The van der Waals surface area contributed by atoms with Gasteiger partial charge in [-0.2, -0.15) is 4.98 Å².